The zero-order valence-corrected chi connectivity index (χ0v) is 9.70. The van der Waals surface area contributed by atoms with Crippen LogP contribution in [0.2, 0.25) is 0 Å². The Hall–Kier alpha value is -1.76. The highest BCUT2D eigenvalue weighted by Gasteiger charge is 2.09. The van der Waals surface area contributed by atoms with Crippen LogP contribution in [0.5, 0.6) is 0 Å². The second-order valence-corrected chi connectivity index (χ2v) is 3.54. The number of nitrogens with zero attached hydrogens (tertiary/aromatic N) is 3. The van der Waals surface area contributed by atoms with Crippen molar-refractivity contribution in [1.29, 1.82) is 0 Å². The summed E-state index contributed by atoms with van der Waals surface area (Å²) in [5, 5.41) is 0. The first-order chi connectivity index (χ1) is 7.54. The van der Waals surface area contributed by atoms with Crippen LogP contribution in [0.3, 0.4) is 0 Å². The first kappa shape index (κ1) is 12.3. The molecule has 0 atom stereocenters. The number of carbonyl (C=O) groups is 1. The van der Waals surface area contributed by atoms with Gasteiger partial charge in [-0.1, -0.05) is 12.2 Å². The van der Waals surface area contributed by atoms with Gasteiger partial charge in [0.2, 0.25) is 5.91 Å². The van der Waals surface area contributed by atoms with Crippen LogP contribution >= 0.6 is 12.2 Å². The minimum absolute atomic E-state index is 0.109. The minimum atomic E-state index is -0.415. The highest BCUT2D eigenvalue weighted by molar-refractivity contribution is 7.80. The Balaban J connectivity index is 2.86. The van der Waals surface area contributed by atoms with Gasteiger partial charge < -0.3 is 16.4 Å². The molecule has 1 amide bonds. The van der Waals surface area contributed by atoms with E-state index in [9.17, 15) is 4.79 Å². The second-order valence-electron chi connectivity index (χ2n) is 3.10. The lowest BCUT2D eigenvalue weighted by molar-refractivity contribution is -0.116. The van der Waals surface area contributed by atoms with E-state index in [0.717, 1.165) is 0 Å². The highest BCUT2D eigenvalue weighted by Crippen LogP contribution is 2.07. The van der Waals surface area contributed by atoms with Crippen LogP contribution < -0.4 is 16.4 Å². The Kier molecular flexibility index (Phi) is 4.12. The number of likely N-dealkylation sites (N-methyl/N-ethyl adjacent to an activating group) is 1. The summed E-state index contributed by atoms with van der Waals surface area (Å²) in [6.45, 7) is 2.62. The van der Waals surface area contributed by atoms with Crippen molar-refractivity contribution in [2.75, 3.05) is 18.0 Å². The van der Waals surface area contributed by atoms with E-state index >= 15 is 0 Å². The Morgan fingerprint density at radius 1 is 1.44 bits per heavy atom. The summed E-state index contributed by atoms with van der Waals surface area (Å²) in [7, 11) is 0. The van der Waals surface area contributed by atoms with E-state index in [2.05, 4.69) is 9.97 Å². The summed E-state index contributed by atoms with van der Waals surface area (Å²) in [4.78, 5) is 20.9. The summed E-state index contributed by atoms with van der Waals surface area (Å²) in [5.74, 6) is 0.156. The number of hydrogen-bond donors (Lipinski definition) is 2. The van der Waals surface area contributed by atoms with Gasteiger partial charge in [-0.05, 0) is 6.92 Å². The van der Waals surface area contributed by atoms with Crippen LogP contribution in [0.15, 0.2) is 12.4 Å². The van der Waals surface area contributed by atoms with Crippen molar-refractivity contribution in [3.63, 3.8) is 0 Å². The van der Waals surface area contributed by atoms with Crippen molar-refractivity contribution in [2.24, 2.45) is 11.5 Å². The fourth-order valence-corrected chi connectivity index (χ4v) is 1.26. The summed E-state index contributed by atoms with van der Waals surface area (Å²) in [6, 6.07) is 0. The standard InChI is InChI=1S/C9H13N5OS/c1-2-14(5-7(10)15)8-4-12-6(3-13-8)9(11)16/h3-4H,2,5H2,1H3,(H2,10,15)(H2,11,16). The molecule has 0 spiro atoms. The lowest BCUT2D eigenvalue weighted by atomic mass is 10.4. The molecule has 1 rings (SSSR count). The molecule has 6 nitrogen and oxygen atoms in total. The van der Waals surface area contributed by atoms with Gasteiger partial charge in [-0.2, -0.15) is 0 Å². The third-order valence-corrected chi connectivity index (χ3v) is 2.15. The number of primary amides is 1. The monoisotopic (exact) mass is 239 g/mol. The molecule has 0 fully saturated rings. The van der Waals surface area contributed by atoms with Crippen molar-refractivity contribution in [2.45, 2.75) is 6.92 Å². The normalized spacial score (nSPS) is 9.81. The van der Waals surface area contributed by atoms with Crippen LogP contribution in [0.1, 0.15) is 12.6 Å². The topological polar surface area (TPSA) is 98.1 Å². The predicted octanol–water partition coefficient (Wildman–Crippen LogP) is -0.578. The first-order valence-corrected chi connectivity index (χ1v) is 5.10. The van der Waals surface area contributed by atoms with Crippen LogP contribution in [-0.2, 0) is 4.79 Å². The third-order valence-electron chi connectivity index (χ3n) is 1.94. The maximum atomic E-state index is 10.8. The zero-order valence-electron chi connectivity index (χ0n) is 8.88. The Morgan fingerprint density at radius 2 is 2.12 bits per heavy atom. The molecule has 0 aliphatic carbocycles. The predicted molar refractivity (Wildman–Crippen MR) is 65.0 cm³/mol. The van der Waals surface area contributed by atoms with E-state index in [1.165, 1.54) is 12.4 Å². The fourth-order valence-electron chi connectivity index (χ4n) is 1.15. The van der Waals surface area contributed by atoms with E-state index in [4.69, 9.17) is 23.7 Å². The molecule has 0 aromatic carbocycles. The first-order valence-electron chi connectivity index (χ1n) is 4.69. The van der Waals surface area contributed by atoms with Crippen LogP contribution in [0, 0.1) is 0 Å². The Labute approximate surface area is 98.7 Å². The number of rotatable bonds is 5. The number of hydrogen-bond acceptors (Lipinski definition) is 5. The fraction of sp³-hybridized carbons (Fsp3) is 0.333. The van der Waals surface area contributed by atoms with Crippen LogP contribution in [0.25, 0.3) is 0 Å². The lowest BCUT2D eigenvalue weighted by Crippen LogP contribution is -2.34. The molecule has 4 N–H and O–H groups in total. The van der Waals surface area contributed by atoms with Crippen molar-refractivity contribution < 1.29 is 4.79 Å². The molecule has 0 unspecified atom stereocenters. The van der Waals surface area contributed by atoms with Gasteiger partial charge in [-0.3, -0.25) is 4.79 Å². The SMILES string of the molecule is CCN(CC(N)=O)c1cnc(C(N)=S)cn1. The van der Waals surface area contributed by atoms with Crippen molar-refractivity contribution in [3.05, 3.63) is 18.1 Å². The molecule has 0 saturated carbocycles. The number of aromatic nitrogens is 2. The molecule has 0 aliphatic rings. The van der Waals surface area contributed by atoms with E-state index in [-0.39, 0.29) is 11.5 Å². The number of carbonyl (C=O) groups excluding carboxylic acids is 1. The molecule has 0 bridgehead atoms. The lowest BCUT2D eigenvalue weighted by Gasteiger charge is -2.19. The number of amides is 1. The maximum absolute atomic E-state index is 10.8. The van der Waals surface area contributed by atoms with Gasteiger partial charge in [0.25, 0.3) is 0 Å². The van der Waals surface area contributed by atoms with Crippen molar-refractivity contribution in [1.82, 2.24) is 9.97 Å². The summed E-state index contributed by atoms with van der Waals surface area (Å²) in [6.07, 6.45) is 2.99. The van der Waals surface area contributed by atoms with Gasteiger partial charge >= 0.3 is 0 Å². The number of thiocarbonyl (C=S) groups is 1. The Bertz CT molecular complexity index is 391. The van der Waals surface area contributed by atoms with Gasteiger partial charge in [0.1, 0.15) is 16.5 Å². The molecule has 1 aromatic rings. The molecule has 1 heterocycles. The van der Waals surface area contributed by atoms with Gasteiger partial charge in [0.15, 0.2) is 0 Å². The van der Waals surface area contributed by atoms with Gasteiger partial charge in [0, 0.05) is 6.54 Å². The van der Waals surface area contributed by atoms with E-state index < -0.39 is 5.91 Å². The van der Waals surface area contributed by atoms with Crippen molar-refractivity contribution in [3.8, 4) is 0 Å². The van der Waals surface area contributed by atoms with Crippen LogP contribution in [-0.4, -0.2) is 34.0 Å². The smallest absolute Gasteiger partial charge is 0.236 e. The van der Waals surface area contributed by atoms with Crippen molar-refractivity contribution >= 4 is 28.9 Å². The maximum Gasteiger partial charge on any atom is 0.236 e. The minimum Gasteiger partial charge on any atom is -0.388 e. The zero-order chi connectivity index (χ0) is 12.1. The molecule has 0 saturated heterocycles. The molecule has 86 valence electrons. The van der Waals surface area contributed by atoms with Gasteiger partial charge in [-0.15, -0.1) is 0 Å². The molecular formula is C9H13N5OS. The van der Waals surface area contributed by atoms with Crippen LogP contribution in [0.4, 0.5) is 5.82 Å². The molecule has 7 heteroatoms. The quantitative estimate of drug-likeness (QED) is 0.667. The summed E-state index contributed by atoms with van der Waals surface area (Å²) < 4.78 is 0. The molecule has 1 aromatic heterocycles. The molecule has 0 radical (unpaired) electrons. The molecule has 16 heavy (non-hydrogen) atoms. The molecule has 0 aliphatic heterocycles. The Morgan fingerprint density at radius 3 is 2.50 bits per heavy atom. The molecular weight excluding hydrogens is 226 g/mol. The second kappa shape index (κ2) is 5.36. The van der Waals surface area contributed by atoms with E-state index in [0.29, 0.717) is 18.1 Å². The number of anilines is 1. The largest absolute Gasteiger partial charge is 0.388 e. The average Bonchev–Trinajstić information content (AvgIpc) is 2.25. The summed E-state index contributed by atoms with van der Waals surface area (Å²) >= 11 is 4.76. The van der Waals surface area contributed by atoms with Gasteiger partial charge in [-0.25, -0.2) is 9.97 Å². The third kappa shape index (κ3) is 3.13. The average molecular weight is 239 g/mol. The summed E-state index contributed by atoms with van der Waals surface area (Å²) in [5.41, 5.74) is 11.0. The van der Waals surface area contributed by atoms with Gasteiger partial charge in [0.05, 0.1) is 18.9 Å². The number of nitrogens with two attached hydrogens (primary N) is 2. The van der Waals surface area contributed by atoms with E-state index in [1.807, 2.05) is 6.92 Å². The highest BCUT2D eigenvalue weighted by atomic mass is 32.1. The van der Waals surface area contributed by atoms with E-state index in [1.54, 1.807) is 4.90 Å².